The fourth-order valence-electron chi connectivity index (χ4n) is 2.23. The lowest BCUT2D eigenvalue weighted by atomic mass is 10.1. The van der Waals surface area contributed by atoms with E-state index in [0.29, 0.717) is 23.5 Å². The monoisotopic (exact) mass is 331 g/mol. The van der Waals surface area contributed by atoms with Gasteiger partial charge in [-0.1, -0.05) is 30.3 Å². The maximum Gasteiger partial charge on any atom is 0.354 e. The molecule has 25 heavy (non-hydrogen) atoms. The van der Waals surface area contributed by atoms with Gasteiger partial charge in [-0.15, -0.1) is 0 Å². The Morgan fingerprint density at radius 3 is 2.68 bits per heavy atom. The van der Waals surface area contributed by atoms with Gasteiger partial charge in [-0.05, 0) is 29.8 Å². The second-order valence-corrected chi connectivity index (χ2v) is 5.17. The average Bonchev–Trinajstić information content (AvgIpc) is 2.67. The number of aromatic nitrogens is 2. The van der Waals surface area contributed by atoms with Crippen molar-refractivity contribution < 1.29 is 14.6 Å². The molecule has 0 amide bonds. The van der Waals surface area contributed by atoms with Gasteiger partial charge in [0.15, 0.2) is 11.5 Å². The minimum absolute atomic E-state index is 0.104. The number of ether oxygens (including phenoxy) is 1. The molecule has 1 heterocycles. The topological polar surface area (TPSA) is 96.1 Å². The highest BCUT2D eigenvalue weighted by atomic mass is 16.5. The Morgan fingerprint density at radius 1 is 1.16 bits per heavy atom. The van der Waals surface area contributed by atoms with Crippen LogP contribution in [0.5, 0.6) is 5.75 Å². The van der Waals surface area contributed by atoms with E-state index in [1.807, 2.05) is 30.3 Å². The van der Waals surface area contributed by atoms with E-state index in [-0.39, 0.29) is 11.5 Å². The SMILES string of the molecule is N#Cc1cc(-c2nccc(C(=O)O)n2)ccc1OCc1ccccc1. The number of nitrogens with zero attached hydrogens (tertiary/aromatic N) is 3. The molecule has 0 bridgehead atoms. The van der Waals surface area contributed by atoms with Gasteiger partial charge in [0.1, 0.15) is 18.4 Å². The maximum atomic E-state index is 11.0. The van der Waals surface area contributed by atoms with Crippen molar-refractivity contribution in [3.8, 4) is 23.2 Å². The van der Waals surface area contributed by atoms with Crippen molar-refractivity contribution in [2.45, 2.75) is 6.61 Å². The second-order valence-electron chi connectivity index (χ2n) is 5.17. The van der Waals surface area contributed by atoms with Crippen LogP contribution in [0, 0.1) is 11.3 Å². The maximum absolute atomic E-state index is 11.0. The van der Waals surface area contributed by atoms with E-state index in [1.54, 1.807) is 18.2 Å². The molecule has 0 fully saturated rings. The number of carboxylic acid groups (broad SMARTS) is 1. The Kier molecular flexibility index (Phi) is 4.67. The van der Waals surface area contributed by atoms with E-state index >= 15 is 0 Å². The van der Waals surface area contributed by atoms with Gasteiger partial charge in [0.2, 0.25) is 0 Å². The smallest absolute Gasteiger partial charge is 0.354 e. The molecule has 0 saturated heterocycles. The summed E-state index contributed by atoms with van der Waals surface area (Å²) in [4.78, 5) is 19.1. The van der Waals surface area contributed by atoms with Crippen molar-refractivity contribution in [2.75, 3.05) is 0 Å². The van der Waals surface area contributed by atoms with E-state index in [0.717, 1.165) is 5.56 Å². The summed E-state index contributed by atoms with van der Waals surface area (Å²) in [5, 5.41) is 18.4. The number of nitriles is 1. The fourth-order valence-corrected chi connectivity index (χ4v) is 2.23. The third kappa shape index (κ3) is 3.79. The van der Waals surface area contributed by atoms with Crippen LogP contribution in [-0.2, 0) is 6.61 Å². The molecule has 0 aliphatic carbocycles. The zero-order valence-corrected chi connectivity index (χ0v) is 13.1. The van der Waals surface area contributed by atoms with Crippen molar-refractivity contribution in [3.63, 3.8) is 0 Å². The quantitative estimate of drug-likeness (QED) is 0.770. The molecule has 6 heteroatoms. The summed E-state index contributed by atoms with van der Waals surface area (Å²) < 4.78 is 5.71. The van der Waals surface area contributed by atoms with Crippen LogP contribution in [0.15, 0.2) is 60.8 Å². The Morgan fingerprint density at radius 2 is 1.96 bits per heavy atom. The van der Waals surface area contributed by atoms with E-state index in [1.165, 1.54) is 12.3 Å². The van der Waals surface area contributed by atoms with Gasteiger partial charge < -0.3 is 9.84 Å². The largest absolute Gasteiger partial charge is 0.488 e. The lowest BCUT2D eigenvalue weighted by Gasteiger charge is -2.09. The van der Waals surface area contributed by atoms with Crippen LogP contribution in [0.1, 0.15) is 21.6 Å². The van der Waals surface area contributed by atoms with Crippen molar-refractivity contribution in [2.24, 2.45) is 0 Å². The summed E-state index contributed by atoms with van der Waals surface area (Å²) in [6.07, 6.45) is 1.37. The van der Waals surface area contributed by atoms with Gasteiger partial charge in [0.05, 0.1) is 5.56 Å². The highest BCUT2D eigenvalue weighted by Crippen LogP contribution is 2.25. The molecule has 6 nitrogen and oxygen atoms in total. The second kappa shape index (κ2) is 7.23. The van der Waals surface area contributed by atoms with E-state index in [4.69, 9.17) is 9.84 Å². The first kappa shape index (κ1) is 16.1. The third-order valence-corrected chi connectivity index (χ3v) is 3.47. The highest BCUT2D eigenvalue weighted by Gasteiger charge is 2.11. The molecule has 0 saturated carbocycles. The number of aromatic carboxylic acids is 1. The van der Waals surface area contributed by atoms with Gasteiger partial charge >= 0.3 is 5.97 Å². The van der Waals surface area contributed by atoms with Gasteiger partial charge in [-0.25, -0.2) is 14.8 Å². The first-order valence-corrected chi connectivity index (χ1v) is 7.45. The lowest BCUT2D eigenvalue weighted by molar-refractivity contribution is 0.0690. The van der Waals surface area contributed by atoms with Crippen molar-refractivity contribution in [3.05, 3.63) is 77.6 Å². The molecule has 0 aliphatic heterocycles. The zero-order valence-electron chi connectivity index (χ0n) is 13.1. The molecule has 0 atom stereocenters. The summed E-state index contributed by atoms with van der Waals surface area (Å²) in [6.45, 7) is 0.347. The van der Waals surface area contributed by atoms with Gasteiger partial charge in [-0.3, -0.25) is 0 Å². The molecule has 1 N–H and O–H groups in total. The average molecular weight is 331 g/mol. The van der Waals surface area contributed by atoms with E-state index in [9.17, 15) is 10.1 Å². The molecular formula is C19H13N3O3. The van der Waals surface area contributed by atoms with Crippen molar-refractivity contribution in [1.29, 1.82) is 5.26 Å². The molecule has 0 aliphatic rings. The van der Waals surface area contributed by atoms with Gasteiger partial charge in [0.25, 0.3) is 0 Å². The summed E-state index contributed by atoms with van der Waals surface area (Å²) in [7, 11) is 0. The highest BCUT2D eigenvalue weighted by molar-refractivity contribution is 5.85. The van der Waals surface area contributed by atoms with Crippen molar-refractivity contribution >= 4 is 5.97 Å². The number of benzene rings is 2. The minimum Gasteiger partial charge on any atom is -0.488 e. The molecule has 122 valence electrons. The number of carbonyl (C=O) groups is 1. The minimum atomic E-state index is -1.13. The third-order valence-electron chi connectivity index (χ3n) is 3.47. The van der Waals surface area contributed by atoms with E-state index < -0.39 is 5.97 Å². The van der Waals surface area contributed by atoms with Crippen LogP contribution >= 0.6 is 0 Å². The Balaban J connectivity index is 1.86. The van der Waals surface area contributed by atoms with Crippen molar-refractivity contribution in [1.82, 2.24) is 9.97 Å². The van der Waals surface area contributed by atoms with Crippen LogP contribution in [0.2, 0.25) is 0 Å². The number of rotatable bonds is 5. The number of carboxylic acids is 1. The van der Waals surface area contributed by atoms with Gasteiger partial charge in [-0.2, -0.15) is 5.26 Å². The Labute approximate surface area is 144 Å². The first-order chi connectivity index (χ1) is 12.2. The van der Waals surface area contributed by atoms with Crippen LogP contribution in [-0.4, -0.2) is 21.0 Å². The molecule has 1 aromatic heterocycles. The predicted octanol–water partition coefficient (Wildman–Crippen LogP) is 3.29. The standard InChI is InChI=1S/C19H13N3O3/c20-11-15-10-14(18-21-9-8-16(22-18)19(23)24)6-7-17(15)25-12-13-4-2-1-3-5-13/h1-10H,12H2,(H,23,24). The molecular weight excluding hydrogens is 318 g/mol. The summed E-state index contributed by atoms with van der Waals surface area (Å²) in [5.74, 6) is -0.442. The fraction of sp³-hybridized carbons (Fsp3) is 0.0526. The molecule has 0 unspecified atom stereocenters. The number of hydrogen-bond acceptors (Lipinski definition) is 5. The Bertz CT molecular complexity index is 950. The van der Waals surface area contributed by atoms with Crippen LogP contribution in [0.4, 0.5) is 0 Å². The Hall–Kier alpha value is -3.72. The zero-order chi connectivity index (χ0) is 17.6. The van der Waals surface area contributed by atoms with Crippen LogP contribution in [0.25, 0.3) is 11.4 Å². The number of hydrogen-bond donors (Lipinski definition) is 1. The summed E-state index contributed by atoms with van der Waals surface area (Å²) >= 11 is 0. The van der Waals surface area contributed by atoms with Gasteiger partial charge in [0, 0.05) is 11.8 Å². The summed E-state index contributed by atoms with van der Waals surface area (Å²) in [6, 6.07) is 18.0. The predicted molar refractivity (Wildman–Crippen MR) is 89.9 cm³/mol. The van der Waals surface area contributed by atoms with Crippen LogP contribution in [0.3, 0.4) is 0 Å². The normalized spacial score (nSPS) is 10.0. The van der Waals surface area contributed by atoms with E-state index in [2.05, 4.69) is 16.0 Å². The lowest BCUT2D eigenvalue weighted by Crippen LogP contribution is -2.02. The first-order valence-electron chi connectivity index (χ1n) is 7.45. The molecule has 0 spiro atoms. The molecule has 2 aromatic carbocycles. The molecule has 3 rings (SSSR count). The summed E-state index contributed by atoms with van der Waals surface area (Å²) in [5.41, 5.74) is 1.77. The molecule has 3 aromatic rings. The van der Waals surface area contributed by atoms with Crippen LogP contribution < -0.4 is 4.74 Å². The molecule has 0 radical (unpaired) electrons.